The van der Waals surface area contributed by atoms with Crippen LogP contribution in [0, 0.1) is 0 Å². The summed E-state index contributed by atoms with van der Waals surface area (Å²) < 4.78 is 0. The fourth-order valence-electron chi connectivity index (χ4n) is 2.20. The van der Waals surface area contributed by atoms with E-state index in [1.807, 2.05) is 12.3 Å². The van der Waals surface area contributed by atoms with Crippen LogP contribution in [0.1, 0.15) is 18.4 Å². The smallest absolute Gasteiger partial charge is 0.0495 e. The van der Waals surface area contributed by atoms with Crippen molar-refractivity contribution >= 4 is 21.8 Å². The second kappa shape index (κ2) is 3.86. The van der Waals surface area contributed by atoms with Crippen molar-refractivity contribution in [3.05, 3.63) is 42.2 Å². The van der Waals surface area contributed by atoms with Crippen LogP contribution in [0.25, 0.3) is 21.8 Å². The van der Waals surface area contributed by atoms with Gasteiger partial charge >= 0.3 is 0 Å². The van der Waals surface area contributed by atoms with Gasteiger partial charge in [-0.2, -0.15) is 0 Å². The standard InChI is InChI=1S/C14H15N3/c1-9(7-15)10-2-3-13-11(6-10)12-8-16-5-4-14(12)17-13/h2-6,8-9,17H,7,15H2,1H3. The molecule has 3 N–H and O–H groups in total. The van der Waals surface area contributed by atoms with Gasteiger partial charge in [0.25, 0.3) is 0 Å². The summed E-state index contributed by atoms with van der Waals surface area (Å²) in [6.45, 7) is 2.82. The minimum Gasteiger partial charge on any atom is -0.354 e. The fraction of sp³-hybridized carbons (Fsp3) is 0.214. The van der Waals surface area contributed by atoms with Gasteiger partial charge in [0.15, 0.2) is 0 Å². The molecule has 0 saturated carbocycles. The first-order valence-electron chi connectivity index (χ1n) is 5.85. The van der Waals surface area contributed by atoms with E-state index in [4.69, 9.17) is 5.73 Å². The molecule has 0 aliphatic carbocycles. The predicted molar refractivity (Wildman–Crippen MR) is 71.1 cm³/mol. The van der Waals surface area contributed by atoms with Crippen molar-refractivity contribution in [2.75, 3.05) is 6.54 Å². The largest absolute Gasteiger partial charge is 0.354 e. The van der Waals surface area contributed by atoms with Gasteiger partial charge in [0, 0.05) is 34.2 Å². The Balaban J connectivity index is 2.30. The molecule has 0 fully saturated rings. The lowest BCUT2D eigenvalue weighted by Crippen LogP contribution is -2.08. The van der Waals surface area contributed by atoms with Gasteiger partial charge in [-0.05, 0) is 36.2 Å². The fourth-order valence-corrected chi connectivity index (χ4v) is 2.20. The average Bonchev–Trinajstić information content (AvgIpc) is 2.75. The maximum atomic E-state index is 5.72. The third-order valence-electron chi connectivity index (χ3n) is 3.35. The highest BCUT2D eigenvalue weighted by Gasteiger charge is 2.08. The summed E-state index contributed by atoms with van der Waals surface area (Å²) in [5.41, 5.74) is 9.28. The first kappa shape index (κ1) is 10.3. The highest BCUT2D eigenvalue weighted by Crippen LogP contribution is 2.27. The van der Waals surface area contributed by atoms with Crippen molar-refractivity contribution in [3.63, 3.8) is 0 Å². The molecular weight excluding hydrogens is 210 g/mol. The van der Waals surface area contributed by atoms with E-state index < -0.39 is 0 Å². The number of hydrogen-bond acceptors (Lipinski definition) is 2. The Labute approximate surface area is 99.7 Å². The molecule has 0 radical (unpaired) electrons. The molecule has 0 aliphatic rings. The van der Waals surface area contributed by atoms with Crippen LogP contribution < -0.4 is 5.73 Å². The molecule has 3 aromatic rings. The molecule has 3 heteroatoms. The Morgan fingerprint density at radius 2 is 2.06 bits per heavy atom. The van der Waals surface area contributed by atoms with Gasteiger partial charge in [0.1, 0.15) is 0 Å². The Hall–Kier alpha value is -1.87. The van der Waals surface area contributed by atoms with Crippen molar-refractivity contribution < 1.29 is 0 Å². The van der Waals surface area contributed by atoms with E-state index in [0.717, 1.165) is 11.0 Å². The summed E-state index contributed by atoms with van der Waals surface area (Å²) in [6.07, 6.45) is 3.71. The highest BCUT2D eigenvalue weighted by molar-refractivity contribution is 6.06. The molecule has 0 saturated heterocycles. The van der Waals surface area contributed by atoms with Crippen LogP contribution in [0.5, 0.6) is 0 Å². The first-order valence-corrected chi connectivity index (χ1v) is 5.85. The van der Waals surface area contributed by atoms with Crippen LogP contribution in [-0.2, 0) is 0 Å². The van der Waals surface area contributed by atoms with Crippen LogP contribution in [0.3, 0.4) is 0 Å². The Bertz CT molecular complexity index is 669. The number of H-pyrrole nitrogens is 1. The van der Waals surface area contributed by atoms with Gasteiger partial charge < -0.3 is 10.7 Å². The second-order valence-electron chi connectivity index (χ2n) is 4.49. The zero-order valence-electron chi connectivity index (χ0n) is 9.77. The third-order valence-corrected chi connectivity index (χ3v) is 3.35. The van der Waals surface area contributed by atoms with Gasteiger partial charge in [-0.3, -0.25) is 4.98 Å². The molecule has 1 atom stereocenters. The van der Waals surface area contributed by atoms with Crippen LogP contribution in [0.15, 0.2) is 36.7 Å². The van der Waals surface area contributed by atoms with E-state index in [2.05, 4.69) is 35.1 Å². The number of fused-ring (bicyclic) bond motifs is 3. The summed E-state index contributed by atoms with van der Waals surface area (Å²) in [4.78, 5) is 7.58. The van der Waals surface area contributed by atoms with E-state index in [9.17, 15) is 0 Å². The van der Waals surface area contributed by atoms with E-state index >= 15 is 0 Å². The summed E-state index contributed by atoms with van der Waals surface area (Å²) in [7, 11) is 0. The molecule has 0 bridgehead atoms. The Kier molecular flexibility index (Phi) is 2.34. The summed E-state index contributed by atoms with van der Waals surface area (Å²) >= 11 is 0. The molecule has 0 aliphatic heterocycles. The SMILES string of the molecule is CC(CN)c1ccc2[nH]c3ccncc3c2c1. The number of hydrogen-bond donors (Lipinski definition) is 2. The number of nitrogens with zero attached hydrogens (tertiary/aromatic N) is 1. The zero-order valence-corrected chi connectivity index (χ0v) is 9.77. The maximum absolute atomic E-state index is 5.72. The van der Waals surface area contributed by atoms with E-state index in [-0.39, 0.29) is 0 Å². The van der Waals surface area contributed by atoms with Gasteiger partial charge in [-0.15, -0.1) is 0 Å². The molecule has 2 aromatic heterocycles. The quantitative estimate of drug-likeness (QED) is 0.704. The third kappa shape index (κ3) is 1.59. The summed E-state index contributed by atoms with van der Waals surface area (Å²) in [6, 6.07) is 8.48. The average molecular weight is 225 g/mol. The number of aromatic amines is 1. The molecule has 1 aromatic carbocycles. The summed E-state index contributed by atoms with van der Waals surface area (Å²) in [5.74, 6) is 0.390. The number of rotatable bonds is 2. The molecule has 1 unspecified atom stereocenters. The molecule has 3 rings (SSSR count). The lowest BCUT2D eigenvalue weighted by molar-refractivity contribution is 0.775. The van der Waals surface area contributed by atoms with Gasteiger partial charge in [-0.25, -0.2) is 0 Å². The normalized spacial score (nSPS) is 13.3. The molecule has 2 heterocycles. The van der Waals surface area contributed by atoms with Crippen LogP contribution >= 0.6 is 0 Å². The maximum Gasteiger partial charge on any atom is 0.0495 e. The van der Waals surface area contributed by atoms with Crippen molar-refractivity contribution in [2.24, 2.45) is 5.73 Å². The number of nitrogens with one attached hydrogen (secondary N) is 1. The summed E-state index contributed by atoms with van der Waals surface area (Å²) in [5, 5.41) is 2.40. The van der Waals surface area contributed by atoms with Crippen LogP contribution in [-0.4, -0.2) is 16.5 Å². The number of aromatic nitrogens is 2. The van der Waals surface area contributed by atoms with Crippen molar-refractivity contribution in [1.82, 2.24) is 9.97 Å². The molecule has 86 valence electrons. The molecule has 0 spiro atoms. The Morgan fingerprint density at radius 3 is 2.88 bits per heavy atom. The molecule has 17 heavy (non-hydrogen) atoms. The van der Waals surface area contributed by atoms with Gasteiger partial charge in [0.2, 0.25) is 0 Å². The number of pyridine rings is 1. The van der Waals surface area contributed by atoms with Crippen molar-refractivity contribution in [2.45, 2.75) is 12.8 Å². The number of benzene rings is 1. The molecular formula is C14H15N3. The van der Waals surface area contributed by atoms with Crippen molar-refractivity contribution in [3.8, 4) is 0 Å². The molecule has 0 amide bonds. The molecule has 3 nitrogen and oxygen atoms in total. The minimum atomic E-state index is 0.390. The van der Waals surface area contributed by atoms with Crippen LogP contribution in [0.4, 0.5) is 0 Å². The predicted octanol–water partition coefficient (Wildman–Crippen LogP) is 2.78. The van der Waals surface area contributed by atoms with E-state index in [1.54, 1.807) is 6.20 Å². The van der Waals surface area contributed by atoms with Gasteiger partial charge in [-0.1, -0.05) is 13.0 Å². The van der Waals surface area contributed by atoms with Crippen molar-refractivity contribution in [1.29, 1.82) is 0 Å². The lowest BCUT2D eigenvalue weighted by atomic mass is 9.99. The minimum absolute atomic E-state index is 0.390. The zero-order chi connectivity index (χ0) is 11.8. The highest BCUT2D eigenvalue weighted by atomic mass is 14.7. The monoisotopic (exact) mass is 225 g/mol. The number of nitrogens with two attached hydrogens (primary N) is 1. The topological polar surface area (TPSA) is 54.7 Å². The first-order chi connectivity index (χ1) is 8.29. The lowest BCUT2D eigenvalue weighted by Gasteiger charge is -2.08. The van der Waals surface area contributed by atoms with Crippen LogP contribution in [0.2, 0.25) is 0 Å². The van der Waals surface area contributed by atoms with Gasteiger partial charge in [0.05, 0.1) is 0 Å². The Morgan fingerprint density at radius 1 is 1.24 bits per heavy atom. The second-order valence-corrected chi connectivity index (χ2v) is 4.49. The van der Waals surface area contributed by atoms with E-state index in [0.29, 0.717) is 12.5 Å². The van der Waals surface area contributed by atoms with E-state index in [1.165, 1.54) is 16.3 Å².